The highest BCUT2D eigenvalue weighted by Gasteiger charge is 2.34. The highest BCUT2D eigenvalue weighted by Crippen LogP contribution is 2.37. The molecule has 1 aromatic heterocycles. The minimum Gasteiger partial charge on any atom is -0.328 e. The van der Waals surface area contributed by atoms with Crippen LogP contribution < -0.4 is 10.6 Å². The number of hydrogen-bond acceptors (Lipinski definition) is 5. The van der Waals surface area contributed by atoms with E-state index < -0.39 is 6.04 Å². The number of nitrogens with one attached hydrogen (secondary N) is 2. The van der Waals surface area contributed by atoms with Gasteiger partial charge >= 0.3 is 0 Å². The van der Waals surface area contributed by atoms with Crippen molar-refractivity contribution in [2.45, 2.75) is 51.1 Å². The van der Waals surface area contributed by atoms with Crippen molar-refractivity contribution in [1.82, 2.24) is 14.8 Å². The fraction of sp³-hybridized carbons (Fsp3) is 0.233. The number of rotatable bonds is 7. The number of benzene rings is 3. The number of hydrogen-bond donors (Lipinski definition) is 2. The van der Waals surface area contributed by atoms with E-state index in [1.54, 1.807) is 11.8 Å². The Morgan fingerprint density at radius 3 is 2.46 bits per heavy atom. The third-order valence-electron chi connectivity index (χ3n) is 6.85. The second-order valence-corrected chi connectivity index (χ2v) is 10.2. The van der Waals surface area contributed by atoms with Crippen molar-refractivity contribution in [2.24, 2.45) is 0 Å². The zero-order valence-electron chi connectivity index (χ0n) is 21.6. The fourth-order valence-electron chi connectivity index (χ4n) is 4.53. The van der Waals surface area contributed by atoms with E-state index in [0.717, 1.165) is 40.2 Å². The maximum Gasteiger partial charge on any atom is 0.255 e. The van der Waals surface area contributed by atoms with E-state index >= 15 is 0 Å². The number of thioether (sulfide) groups is 1. The van der Waals surface area contributed by atoms with Gasteiger partial charge in [0.15, 0.2) is 0 Å². The Bertz CT molecular complexity index is 1460. The fourth-order valence-corrected chi connectivity index (χ4v) is 5.31. The van der Waals surface area contributed by atoms with E-state index in [2.05, 4.69) is 54.0 Å². The van der Waals surface area contributed by atoms with Crippen LogP contribution in [0.15, 0.2) is 89.2 Å². The summed E-state index contributed by atoms with van der Waals surface area (Å²) in [6.45, 7) is 8.14. The topological polar surface area (TPSA) is 71.8 Å². The first-order valence-corrected chi connectivity index (χ1v) is 13.5. The average molecular weight is 510 g/mol. The lowest BCUT2D eigenvalue weighted by Crippen LogP contribution is -2.31. The zero-order valence-corrected chi connectivity index (χ0v) is 22.4. The summed E-state index contributed by atoms with van der Waals surface area (Å²) in [6.07, 6.45) is 0.955. The van der Waals surface area contributed by atoms with E-state index in [9.17, 15) is 4.79 Å². The van der Waals surface area contributed by atoms with Crippen LogP contribution in [0.2, 0.25) is 0 Å². The Morgan fingerprint density at radius 2 is 1.73 bits per heavy atom. The molecule has 0 spiro atoms. The van der Waals surface area contributed by atoms with Gasteiger partial charge in [-0.2, -0.15) is 4.98 Å². The van der Waals surface area contributed by atoms with Crippen LogP contribution in [-0.2, 0) is 17.0 Å². The summed E-state index contributed by atoms with van der Waals surface area (Å²) in [4.78, 5) is 18.6. The summed E-state index contributed by atoms with van der Waals surface area (Å²) in [6, 6.07) is 24.3. The van der Waals surface area contributed by atoms with E-state index in [-0.39, 0.29) is 5.91 Å². The van der Waals surface area contributed by atoms with Crippen molar-refractivity contribution in [3.8, 4) is 0 Å². The van der Waals surface area contributed by atoms with Gasteiger partial charge in [0.25, 0.3) is 5.91 Å². The van der Waals surface area contributed by atoms with Gasteiger partial charge in [-0.25, -0.2) is 4.68 Å². The normalized spacial score (nSPS) is 14.8. The zero-order chi connectivity index (χ0) is 25.9. The number of anilines is 2. The lowest BCUT2D eigenvalue weighted by atomic mass is 9.94. The van der Waals surface area contributed by atoms with Crippen LogP contribution in [0.5, 0.6) is 0 Å². The van der Waals surface area contributed by atoms with Gasteiger partial charge in [0.2, 0.25) is 11.1 Å². The molecule has 3 aromatic carbocycles. The molecule has 6 nitrogen and oxygen atoms in total. The van der Waals surface area contributed by atoms with Crippen LogP contribution in [0.1, 0.15) is 47.7 Å². The molecule has 0 bridgehead atoms. The van der Waals surface area contributed by atoms with E-state index in [1.165, 1.54) is 11.1 Å². The van der Waals surface area contributed by atoms with Crippen LogP contribution in [-0.4, -0.2) is 20.7 Å². The Hall–Kier alpha value is -3.84. The van der Waals surface area contributed by atoms with Gasteiger partial charge in [-0.3, -0.25) is 4.79 Å². The Balaban J connectivity index is 1.51. The Morgan fingerprint density at radius 1 is 0.973 bits per heavy atom. The predicted molar refractivity (Wildman–Crippen MR) is 151 cm³/mol. The van der Waals surface area contributed by atoms with Crippen molar-refractivity contribution in [1.29, 1.82) is 0 Å². The maximum absolute atomic E-state index is 13.8. The highest BCUT2D eigenvalue weighted by molar-refractivity contribution is 7.98. The first-order valence-electron chi connectivity index (χ1n) is 12.5. The molecule has 2 N–H and O–H groups in total. The molecule has 0 fully saturated rings. The number of aryl methyl sites for hydroxylation is 2. The molecule has 4 aromatic rings. The first-order chi connectivity index (χ1) is 17.9. The van der Waals surface area contributed by atoms with Gasteiger partial charge < -0.3 is 10.6 Å². The van der Waals surface area contributed by atoms with Gasteiger partial charge in [-0.05, 0) is 61.1 Å². The molecule has 0 saturated heterocycles. The van der Waals surface area contributed by atoms with Gasteiger partial charge in [-0.15, -0.1) is 5.10 Å². The van der Waals surface area contributed by atoms with Crippen molar-refractivity contribution >= 4 is 29.3 Å². The van der Waals surface area contributed by atoms with E-state index in [1.807, 2.05) is 61.9 Å². The molecule has 2 heterocycles. The minimum absolute atomic E-state index is 0.150. The van der Waals surface area contributed by atoms with Crippen molar-refractivity contribution in [2.75, 3.05) is 10.6 Å². The summed E-state index contributed by atoms with van der Waals surface area (Å²) in [5.41, 5.74) is 7.86. The van der Waals surface area contributed by atoms with Crippen molar-refractivity contribution < 1.29 is 4.79 Å². The molecule has 1 aliphatic rings. The summed E-state index contributed by atoms with van der Waals surface area (Å²) in [5, 5.41) is 12.0. The quantitative estimate of drug-likeness (QED) is 0.272. The third kappa shape index (κ3) is 5.18. The molecule has 188 valence electrons. The van der Waals surface area contributed by atoms with Gasteiger partial charge in [0.05, 0.1) is 5.57 Å². The third-order valence-corrected chi connectivity index (χ3v) is 7.75. The van der Waals surface area contributed by atoms with Gasteiger partial charge in [0, 0.05) is 17.1 Å². The number of fused-ring (bicyclic) bond motifs is 1. The largest absolute Gasteiger partial charge is 0.328 e. The van der Waals surface area contributed by atoms with Crippen molar-refractivity contribution in [3.63, 3.8) is 0 Å². The first kappa shape index (κ1) is 24.8. The molecule has 1 amide bonds. The molecule has 1 unspecified atom stereocenters. The van der Waals surface area contributed by atoms with Crippen molar-refractivity contribution in [3.05, 3.63) is 112 Å². The van der Waals surface area contributed by atoms with Crippen LogP contribution in [0, 0.1) is 13.8 Å². The predicted octanol–water partition coefficient (Wildman–Crippen LogP) is 6.68. The van der Waals surface area contributed by atoms with E-state index in [4.69, 9.17) is 10.1 Å². The second kappa shape index (κ2) is 10.6. The molecule has 1 atom stereocenters. The molecular weight excluding hydrogens is 478 g/mol. The number of allylic oxidation sites excluding steroid dienone is 1. The molecule has 0 aliphatic carbocycles. The lowest BCUT2D eigenvalue weighted by Gasteiger charge is -2.29. The SMILES string of the molecule is CCc1ccc(C2C(C(=O)Nc3cccc(C)c3C)=C(C)Nc3nc(SCc4ccccc4)nn32)cc1. The molecule has 5 rings (SSSR count). The molecule has 0 saturated carbocycles. The number of aromatic nitrogens is 3. The van der Waals surface area contributed by atoms with Gasteiger partial charge in [0.1, 0.15) is 6.04 Å². The lowest BCUT2D eigenvalue weighted by molar-refractivity contribution is -0.113. The Kier molecular flexibility index (Phi) is 7.15. The molecular formula is C30H31N5OS. The van der Waals surface area contributed by atoms with Gasteiger partial charge in [-0.1, -0.05) is 85.4 Å². The summed E-state index contributed by atoms with van der Waals surface area (Å²) >= 11 is 1.59. The number of carbonyl (C=O) groups excluding carboxylic acids is 1. The van der Waals surface area contributed by atoms with Crippen LogP contribution in [0.4, 0.5) is 11.6 Å². The Labute approximate surface area is 222 Å². The van der Waals surface area contributed by atoms with Crippen LogP contribution in [0.3, 0.4) is 0 Å². The highest BCUT2D eigenvalue weighted by atomic mass is 32.2. The summed E-state index contributed by atoms with van der Waals surface area (Å²) in [7, 11) is 0. The molecule has 1 aliphatic heterocycles. The van der Waals surface area contributed by atoms with E-state index in [0.29, 0.717) is 16.7 Å². The smallest absolute Gasteiger partial charge is 0.255 e. The summed E-state index contributed by atoms with van der Waals surface area (Å²) in [5.74, 6) is 1.26. The van der Waals surface area contributed by atoms with Crippen LogP contribution >= 0.6 is 11.8 Å². The number of amides is 1. The number of nitrogens with zero attached hydrogens (tertiary/aromatic N) is 3. The number of carbonyl (C=O) groups is 1. The van der Waals surface area contributed by atoms with Crippen LogP contribution in [0.25, 0.3) is 0 Å². The standard InChI is InChI=1S/C30H31N5OS/c1-5-22-14-16-24(17-15-22)27-26(28(36)32-25-13-9-10-19(2)20(25)3)21(4)31-29-33-30(34-35(27)29)37-18-23-11-7-6-8-12-23/h6-17,27H,5,18H2,1-4H3,(H,32,36)(H,31,33,34). The molecule has 37 heavy (non-hydrogen) atoms. The molecule has 0 radical (unpaired) electrons. The monoisotopic (exact) mass is 509 g/mol. The molecule has 7 heteroatoms. The second-order valence-electron chi connectivity index (χ2n) is 9.30. The summed E-state index contributed by atoms with van der Waals surface area (Å²) < 4.78 is 1.85. The maximum atomic E-state index is 13.8. The minimum atomic E-state index is -0.397. The average Bonchev–Trinajstić information content (AvgIpc) is 3.32.